The molecule has 0 aliphatic carbocycles. The quantitative estimate of drug-likeness (QED) is 0.518. The molecule has 0 unspecified atom stereocenters. The predicted molar refractivity (Wildman–Crippen MR) is 125 cm³/mol. The molecule has 2 aromatic carbocycles. The van der Waals surface area contributed by atoms with E-state index in [4.69, 9.17) is 4.74 Å². The summed E-state index contributed by atoms with van der Waals surface area (Å²) in [6, 6.07) is 14.3. The SMILES string of the molecule is CCOC(=O)[C@H](CCc1ccccc1)N[C@H]1CC[C@H](c2ccc(F)cc2)CN(CC(=O)O)C1=O. The molecule has 0 spiro atoms. The zero-order chi connectivity index (χ0) is 24.5. The molecule has 1 fully saturated rings. The molecule has 1 heterocycles. The van der Waals surface area contributed by atoms with Gasteiger partial charge in [-0.15, -0.1) is 0 Å². The second-order valence-electron chi connectivity index (χ2n) is 8.49. The Balaban J connectivity index is 1.78. The number of likely N-dealkylation sites (tertiary alicyclic amines) is 1. The fourth-order valence-electron chi connectivity index (χ4n) is 4.34. The molecule has 3 rings (SSSR count). The van der Waals surface area contributed by atoms with Crippen molar-refractivity contribution in [3.05, 3.63) is 71.5 Å². The van der Waals surface area contributed by atoms with Gasteiger partial charge >= 0.3 is 11.9 Å². The molecule has 1 aliphatic heterocycles. The number of aryl methyl sites for hydroxylation is 1. The van der Waals surface area contributed by atoms with E-state index in [-0.39, 0.29) is 30.8 Å². The van der Waals surface area contributed by atoms with Crippen LogP contribution < -0.4 is 5.32 Å². The summed E-state index contributed by atoms with van der Waals surface area (Å²) < 4.78 is 18.6. The van der Waals surface area contributed by atoms with Crippen LogP contribution in [0.5, 0.6) is 0 Å². The first-order valence-electron chi connectivity index (χ1n) is 11.6. The lowest BCUT2D eigenvalue weighted by atomic mass is 9.93. The molecule has 1 saturated heterocycles. The summed E-state index contributed by atoms with van der Waals surface area (Å²) in [4.78, 5) is 38.7. The van der Waals surface area contributed by atoms with Crippen molar-refractivity contribution in [1.82, 2.24) is 10.2 Å². The molecule has 34 heavy (non-hydrogen) atoms. The third-order valence-corrected chi connectivity index (χ3v) is 6.06. The van der Waals surface area contributed by atoms with Gasteiger partial charge in [0.1, 0.15) is 18.4 Å². The highest BCUT2D eigenvalue weighted by Crippen LogP contribution is 2.28. The van der Waals surface area contributed by atoms with Gasteiger partial charge in [0.2, 0.25) is 5.91 Å². The summed E-state index contributed by atoms with van der Waals surface area (Å²) in [5.41, 5.74) is 1.91. The molecule has 0 radical (unpaired) electrons. The topological polar surface area (TPSA) is 95.9 Å². The minimum atomic E-state index is -1.11. The molecule has 0 aromatic heterocycles. The smallest absolute Gasteiger partial charge is 0.323 e. The normalized spacial score (nSPS) is 19.4. The van der Waals surface area contributed by atoms with Gasteiger partial charge < -0.3 is 14.7 Å². The number of halogens is 1. The first kappa shape index (κ1) is 25.4. The van der Waals surface area contributed by atoms with Crippen molar-refractivity contribution < 1.29 is 28.6 Å². The number of hydrogen-bond acceptors (Lipinski definition) is 5. The highest BCUT2D eigenvalue weighted by Gasteiger charge is 2.35. The van der Waals surface area contributed by atoms with Gasteiger partial charge in [-0.2, -0.15) is 0 Å². The van der Waals surface area contributed by atoms with Crippen LogP contribution in [-0.2, 0) is 25.5 Å². The molecule has 182 valence electrons. The van der Waals surface area contributed by atoms with E-state index in [0.717, 1.165) is 11.1 Å². The third kappa shape index (κ3) is 7.12. The van der Waals surface area contributed by atoms with Crippen LogP contribution in [0.25, 0.3) is 0 Å². The van der Waals surface area contributed by atoms with Gasteiger partial charge in [-0.05, 0) is 55.9 Å². The third-order valence-electron chi connectivity index (χ3n) is 6.06. The predicted octanol–water partition coefficient (Wildman–Crippen LogP) is 3.14. The minimum Gasteiger partial charge on any atom is -0.480 e. The van der Waals surface area contributed by atoms with Crippen molar-refractivity contribution in [1.29, 1.82) is 0 Å². The zero-order valence-corrected chi connectivity index (χ0v) is 19.3. The molecule has 0 saturated carbocycles. The lowest BCUT2D eigenvalue weighted by Crippen LogP contribution is -2.52. The van der Waals surface area contributed by atoms with Gasteiger partial charge in [-0.1, -0.05) is 42.5 Å². The van der Waals surface area contributed by atoms with Crippen molar-refractivity contribution in [3.8, 4) is 0 Å². The first-order chi connectivity index (χ1) is 16.4. The maximum atomic E-state index is 13.4. The average molecular weight is 471 g/mol. The number of carbonyl (C=O) groups excluding carboxylic acids is 2. The summed E-state index contributed by atoms with van der Waals surface area (Å²) >= 11 is 0. The summed E-state index contributed by atoms with van der Waals surface area (Å²) in [5, 5.41) is 12.5. The Bertz CT molecular complexity index is 967. The number of esters is 1. The molecular weight excluding hydrogens is 439 g/mol. The van der Waals surface area contributed by atoms with Crippen LogP contribution in [-0.4, -0.2) is 59.6 Å². The first-order valence-corrected chi connectivity index (χ1v) is 11.6. The standard InChI is InChI=1S/C26H31FN2O5/c1-2-34-26(33)23(14-8-18-6-4-3-5-7-18)28-22-15-11-20(19-9-12-21(27)13-10-19)16-29(25(22)32)17-24(30)31/h3-7,9-10,12-13,20,22-23,28H,2,8,11,14-17H2,1H3,(H,30,31)/t20-,22-,23-/m0/s1. The number of carboxylic acids is 1. The number of hydrogen-bond donors (Lipinski definition) is 2. The molecule has 1 aliphatic rings. The highest BCUT2D eigenvalue weighted by atomic mass is 19.1. The second-order valence-corrected chi connectivity index (χ2v) is 8.49. The maximum Gasteiger partial charge on any atom is 0.323 e. The van der Waals surface area contributed by atoms with Gasteiger partial charge in [-0.3, -0.25) is 19.7 Å². The van der Waals surface area contributed by atoms with Crippen LogP contribution in [0.2, 0.25) is 0 Å². The lowest BCUT2D eigenvalue weighted by molar-refractivity contribution is -0.148. The molecule has 1 amide bonds. The van der Waals surface area contributed by atoms with Crippen molar-refractivity contribution in [2.75, 3.05) is 19.7 Å². The number of carbonyl (C=O) groups is 3. The van der Waals surface area contributed by atoms with Crippen molar-refractivity contribution in [2.24, 2.45) is 0 Å². The van der Waals surface area contributed by atoms with E-state index in [2.05, 4.69) is 5.32 Å². The summed E-state index contributed by atoms with van der Waals surface area (Å²) in [7, 11) is 0. The Hall–Kier alpha value is -3.26. The Kier molecular flexibility index (Phi) is 9.16. The number of nitrogens with zero attached hydrogens (tertiary/aromatic N) is 1. The maximum absolute atomic E-state index is 13.4. The van der Waals surface area contributed by atoms with Gasteiger partial charge in [0.25, 0.3) is 0 Å². The monoisotopic (exact) mass is 470 g/mol. The second kappa shape index (κ2) is 12.3. The van der Waals surface area contributed by atoms with Crippen LogP contribution in [0, 0.1) is 5.82 Å². The Labute approximate surface area is 198 Å². The number of carboxylic acid groups (broad SMARTS) is 1. The number of amides is 1. The van der Waals surface area contributed by atoms with E-state index in [1.165, 1.54) is 17.0 Å². The van der Waals surface area contributed by atoms with E-state index in [0.29, 0.717) is 25.7 Å². The summed E-state index contributed by atoms with van der Waals surface area (Å²) in [6.07, 6.45) is 2.06. The minimum absolute atomic E-state index is 0.138. The Morgan fingerprint density at radius 3 is 2.50 bits per heavy atom. The Morgan fingerprint density at radius 1 is 1.15 bits per heavy atom. The summed E-state index contributed by atoms with van der Waals surface area (Å²) in [5.74, 6) is -2.40. The van der Waals surface area contributed by atoms with E-state index in [9.17, 15) is 23.9 Å². The van der Waals surface area contributed by atoms with E-state index >= 15 is 0 Å². The van der Waals surface area contributed by atoms with Gasteiger partial charge in [0.15, 0.2) is 0 Å². The highest BCUT2D eigenvalue weighted by molar-refractivity contribution is 5.86. The van der Waals surface area contributed by atoms with E-state index in [1.807, 2.05) is 30.3 Å². The van der Waals surface area contributed by atoms with Gasteiger partial charge in [0, 0.05) is 12.5 Å². The van der Waals surface area contributed by atoms with Crippen LogP contribution in [0.4, 0.5) is 4.39 Å². The van der Waals surface area contributed by atoms with Gasteiger partial charge in [0.05, 0.1) is 12.6 Å². The number of benzene rings is 2. The zero-order valence-electron chi connectivity index (χ0n) is 19.3. The van der Waals surface area contributed by atoms with Crippen LogP contribution in [0.3, 0.4) is 0 Å². The fraction of sp³-hybridized carbons (Fsp3) is 0.423. The number of nitrogens with one attached hydrogen (secondary N) is 1. The molecule has 2 N–H and O–H groups in total. The molecular formula is C26H31FN2O5. The van der Waals surface area contributed by atoms with Crippen molar-refractivity contribution in [3.63, 3.8) is 0 Å². The van der Waals surface area contributed by atoms with E-state index < -0.39 is 30.6 Å². The van der Waals surface area contributed by atoms with Crippen molar-refractivity contribution in [2.45, 2.75) is 50.6 Å². The molecule has 3 atom stereocenters. The molecule has 8 heteroatoms. The number of ether oxygens (including phenoxy) is 1. The molecule has 2 aromatic rings. The largest absolute Gasteiger partial charge is 0.480 e. The fourth-order valence-corrected chi connectivity index (χ4v) is 4.34. The molecule has 7 nitrogen and oxygen atoms in total. The number of aliphatic carboxylic acids is 1. The lowest BCUT2D eigenvalue weighted by Gasteiger charge is -2.27. The Morgan fingerprint density at radius 2 is 1.85 bits per heavy atom. The average Bonchev–Trinajstić information content (AvgIpc) is 2.96. The van der Waals surface area contributed by atoms with Crippen molar-refractivity contribution >= 4 is 17.8 Å². The van der Waals surface area contributed by atoms with Crippen LogP contribution in [0.15, 0.2) is 54.6 Å². The van der Waals surface area contributed by atoms with Gasteiger partial charge in [-0.25, -0.2) is 4.39 Å². The van der Waals surface area contributed by atoms with E-state index in [1.54, 1.807) is 19.1 Å². The number of rotatable bonds is 10. The van der Waals surface area contributed by atoms with Crippen LogP contribution in [0.1, 0.15) is 43.2 Å². The van der Waals surface area contributed by atoms with Crippen LogP contribution >= 0.6 is 0 Å². The molecule has 0 bridgehead atoms. The summed E-state index contributed by atoms with van der Waals surface area (Å²) in [6.45, 7) is 1.72.